The van der Waals surface area contributed by atoms with Gasteiger partial charge in [-0.2, -0.15) is 0 Å². The first kappa shape index (κ1) is 21.0. The number of aliphatic hydroxyl groups is 1. The number of carbonyl (C=O) groups is 1. The molecule has 0 spiro atoms. The smallest absolute Gasteiger partial charge is 0.303 e. The van der Waals surface area contributed by atoms with Crippen molar-refractivity contribution in [3.05, 3.63) is 60.4 Å². The minimum Gasteiger partial charge on any atom is -0.512 e. The van der Waals surface area contributed by atoms with Gasteiger partial charge in [-0.1, -0.05) is 55.5 Å². The number of allylic oxidation sites excluding steroid dienone is 9. The van der Waals surface area contributed by atoms with E-state index in [0.29, 0.717) is 18.6 Å². The summed E-state index contributed by atoms with van der Waals surface area (Å²) in [7, 11) is 0. The van der Waals surface area contributed by atoms with E-state index in [9.17, 15) is 9.90 Å². The van der Waals surface area contributed by atoms with E-state index in [1.807, 2.05) is 30.4 Å². The molecule has 0 aromatic heterocycles. The summed E-state index contributed by atoms with van der Waals surface area (Å²) in [4.78, 5) is 10.3. The maximum atomic E-state index is 10.3. The molecule has 3 nitrogen and oxygen atoms in total. The molecule has 0 amide bonds. The molecular weight excluding hydrogens is 288 g/mol. The Bertz CT molecular complexity index is 440. The summed E-state index contributed by atoms with van der Waals surface area (Å²) < 4.78 is 0. The zero-order valence-electron chi connectivity index (χ0n) is 14.2. The van der Waals surface area contributed by atoms with Gasteiger partial charge in [0, 0.05) is 12.8 Å². The second-order valence-electron chi connectivity index (χ2n) is 5.21. The number of carboxylic acid groups (broad SMARTS) is 1. The van der Waals surface area contributed by atoms with Crippen molar-refractivity contribution in [3.8, 4) is 0 Å². The largest absolute Gasteiger partial charge is 0.512 e. The minimum absolute atomic E-state index is 0.196. The summed E-state index contributed by atoms with van der Waals surface area (Å²) in [5, 5.41) is 18.2. The Morgan fingerprint density at radius 2 is 1.65 bits per heavy atom. The maximum Gasteiger partial charge on any atom is 0.303 e. The Hall–Kier alpha value is -2.03. The molecular formula is C20H30O3. The van der Waals surface area contributed by atoms with Crippen LogP contribution in [-0.4, -0.2) is 16.2 Å². The molecule has 0 aliphatic heterocycles. The summed E-state index contributed by atoms with van der Waals surface area (Å²) in [6, 6.07) is 0. The van der Waals surface area contributed by atoms with E-state index in [2.05, 4.69) is 31.2 Å². The van der Waals surface area contributed by atoms with E-state index in [1.54, 1.807) is 0 Å². The van der Waals surface area contributed by atoms with Gasteiger partial charge < -0.3 is 10.2 Å². The summed E-state index contributed by atoms with van der Waals surface area (Å²) >= 11 is 0. The van der Waals surface area contributed by atoms with Crippen molar-refractivity contribution in [2.75, 3.05) is 0 Å². The molecule has 0 unspecified atom stereocenters. The van der Waals surface area contributed by atoms with Crippen molar-refractivity contribution >= 4 is 5.97 Å². The van der Waals surface area contributed by atoms with Crippen molar-refractivity contribution < 1.29 is 15.0 Å². The SMILES string of the molecule is CC/C=C\C/C=C\C=C\CC/C=C(\O)C/C=C\CCCC(=O)O. The molecule has 0 atom stereocenters. The Balaban J connectivity index is 3.67. The molecule has 0 fully saturated rings. The summed E-state index contributed by atoms with van der Waals surface area (Å²) in [5.74, 6) is -0.394. The fourth-order valence-electron chi connectivity index (χ4n) is 1.80. The third kappa shape index (κ3) is 17.9. The van der Waals surface area contributed by atoms with Crippen molar-refractivity contribution in [2.24, 2.45) is 0 Å². The van der Waals surface area contributed by atoms with Crippen LogP contribution in [0.3, 0.4) is 0 Å². The van der Waals surface area contributed by atoms with Crippen LogP contribution in [0.5, 0.6) is 0 Å². The highest BCUT2D eigenvalue weighted by atomic mass is 16.4. The highest BCUT2D eigenvalue weighted by Crippen LogP contribution is 2.04. The fraction of sp³-hybridized carbons (Fsp3) is 0.450. The van der Waals surface area contributed by atoms with Gasteiger partial charge in [-0.05, 0) is 44.6 Å². The Morgan fingerprint density at radius 3 is 2.39 bits per heavy atom. The third-order valence-corrected chi connectivity index (χ3v) is 3.03. The molecule has 0 aromatic carbocycles. The Morgan fingerprint density at radius 1 is 0.870 bits per heavy atom. The number of aliphatic hydroxyl groups excluding tert-OH is 1. The van der Waals surface area contributed by atoms with E-state index in [1.165, 1.54) is 0 Å². The number of carboxylic acids is 1. The number of unbranched alkanes of at least 4 members (excludes halogenated alkanes) is 2. The molecule has 0 saturated carbocycles. The average molecular weight is 318 g/mol. The molecule has 0 aliphatic carbocycles. The van der Waals surface area contributed by atoms with E-state index in [0.717, 1.165) is 32.1 Å². The lowest BCUT2D eigenvalue weighted by molar-refractivity contribution is -0.137. The van der Waals surface area contributed by atoms with Crippen LogP contribution >= 0.6 is 0 Å². The monoisotopic (exact) mass is 318 g/mol. The van der Waals surface area contributed by atoms with E-state index in [4.69, 9.17) is 5.11 Å². The van der Waals surface area contributed by atoms with Crippen LogP contribution in [-0.2, 0) is 4.79 Å². The first-order chi connectivity index (χ1) is 11.2. The topological polar surface area (TPSA) is 57.5 Å². The first-order valence-corrected chi connectivity index (χ1v) is 8.38. The van der Waals surface area contributed by atoms with Gasteiger partial charge in [0.15, 0.2) is 0 Å². The summed E-state index contributed by atoms with van der Waals surface area (Å²) in [5.41, 5.74) is 0. The standard InChI is InChI=1S/C20H30O3/c1-2-3-4-5-6-7-8-9-10-13-16-19(21)17-14-11-12-15-18-20(22)23/h3-4,6-9,11,14,16,21H,2,5,10,12-13,15,17-18H2,1H3,(H,22,23)/b4-3-,7-6-,9-8+,14-11-,19-16-. The van der Waals surface area contributed by atoms with Crippen LogP contribution in [0, 0.1) is 0 Å². The Labute approximate surface area is 140 Å². The molecule has 0 rings (SSSR count). The molecule has 0 heterocycles. The molecule has 0 radical (unpaired) electrons. The minimum atomic E-state index is -0.763. The molecule has 23 heavy (non-hydrogen) atoms. The van der Waals surface area contributed by atoms with Crippen molar-refractivity contribution in [3.63, 3.8) is 0 Å². The molecule has 0 aromatic rings. The van der Waals surface area contributed by atoms with Gasteiger partial charge >= 0.3 is 5.97 Å². The average Bonchev–Trinajstić information content (AvgIpc) is 2.52. The van der Waals surface area contributed by atoms with Gasteiger partial charge in [-0.15, -0.1) is 0 Å². The van der Waals surface area contributed by atoms with Gasteiger partial charge in [-0.3, -0.25) is 4.79 Å². The van der Waals surface area contributed by atoms with E-state index >= 15 is 0 Å². The van der Waals surface area contributed by atoms with Gasteiger partial charge in [0.2, 0.25) is 0 Å². The van der Waals surface area contributed by atoms with Crippen LogP contribution in [0.25, 0.3) is 0 Å². The maximum absolute atomic E-state index is 10.3. The molecule has 128 valence electrons. The molecule has 2 N–H and O–H groups in total. The molecule has 0 saturated heterocycles. The highest BCUT2D eigenvalue weighted by molar-refractivity contribution is 5.66. The highest BCUT2D eigenvalue weighted by Gasteiger charge is 1.93. The number of aliphatic carboxylic acids is 1. The fourth-order valence-corrected chi connectivity index (χ4v) is 1.80. The molecule has 3 heteroatoms. The van der Waals surface area contributed by atoms with Crippen molar-refractivity contribution in [1.29, 1.82) is 0 Å². The first-order valence-electron chi connectivity index (χ1n) is 8.38. The number of hydrogen-bond donors (Lipinski definition) is 2. The zero-order chi connectivity index (χ0) is 17.2. The number of hydrogen-bond acceptors (Lipinski definition) is 2. The van der Waals surface area contributed by atoms with Gasteiger partial charge in [0.05, 0.1) is 5.76 Å². The third-order valence-electron chi connectivity index (χ3n) is 3.03. The van der Waals surface area contributed by atoms with Crippen LogP contribution in [0.1, 0.15) is 58.3 Å². The lowest BCUT2D eigenvalue weighted by Crippen LogP contribution is -1.92. The summed E-state index contributed by atoms with van der Waals surface area (Å²) in [6.45, 7) is 2.12. The molecule has 0 aliphatic rings. The van der Waals surface area contributed by atoms with E-state index in [-0.39, 0.29) is 6.42 Å². The van der Waals surface area contributed by atoms with Crippen molar-refractivity contribution in [1.82, 2.24) is 0 Å². The number of rotatable bonds is 13. The summed E-state index contributed by atoms with van der Waals surface area (Å²) in [6.07, 6.45) is 24.1. The normalized spacial score (nSPS) is 13.2. The van der Waals surface area contributed by atoms with Crippen LogP contribution < -0.4 is 0 Å². The Kier molecular flexibility index (Phi) is 14.9. The van der Waals surface area contributed by atoms with Gasteiger partial charge in [0.25, 0.3) is 0 Å². The quantitative estimate of drug-likeness (QED) is 0.193. The van der Waals surface area contributed by atoms with Crippen LogP contribution in [0.4, 0.5) is 0 Å². The van der Waals surface area contributed by atoms with Crippen LogP contribution in [0.15, 0.2) is 60.4 Å². The van der Waals surface area contributed by atoms with Gasteiger partial charge in [0.1, 0.15) is 0 Å². The zero-order valence-corrected chi connectivity index (χ0v) is 14.2. The lowest BCUT2D eigenvalue weighted by atomic mass is 10.2. The van der Waals surface area contributed by atoms with E-state index < -0.39 is 5.97 Å². The predicted octanol–water partition coefficient (Wildman–Crippen LogP) is 5.88. The second-order valence-corrected chi connectivity index (χ2v) is 5.21. The lowest BCUT2D eigenvalue weighted by Gasteiger charge is -1.95. The van der Waals surface area contributed by atoms with Gasteiger partial charge in [-0.25, -0.2) is 0 Å². The molecule has 0 bridgehead atoms. The van der Waals surface area contributed by atoms with Crippen molar-refractivity contribution in [2.45, 2.75) is 58.3 Å². The second kappa shape index (κ2) is 16.3. The van der Waals surface area contributed by atoms with Crippen LogP contribution in [0.2, 0.25) is 0 Å². The predicted molar refractivity (Wildman–Crippen MR) is 97.5 cm³/mol.